The first-order valence-corrected chi connectivity index (χ1v) is 6.69. The highest BCUT2D eigenvalue weighted by Crippen LogP contribution is 2.38. The van der Waals surface area contributed by atoms with E-state index in [9.17, 15) is 19.1 Å². The molecule has 0 atom stereocenters. The molecule has 0 aliphatic heterocycles. The highest BCUT2D eigenvalue weighted by Gasteiger charge is 2.25. The molecular formula is C16H11FN2O5. The van der Waals surface area contributed by atoms with Gasteiger partial charge in [0.2, 0.25) is 0 Å². The quantitative estimate of drug-likeness (QED) is 0.287. The van der Waals surface area contributed by atoms with Crippen molar-refractivity contribution in [1.82, 2.24) is 0 Å². The van der Waals surface area contributed by atoms with Crippen LogP contribution < -0.4 is 11.5 Å². The number of anilines is 1. The summed E-state index contributed by atoms with van der Waals surface area (Å²) in [6.07, 6.45) is -1.29. The molecule has 0 radical (unpaired) electrons. The lowest BCUT2D eigenvalue weighted by Gasteiger charge is -2.02. The number of nitrogen functional groups attached to an aromatic ring is 1. The maximum atomic E-state index is 13.1. The summed E-state index contributed by atoms with van der Waals surface area (Å²) < 4.78 is 23.1. The van der Waals surface area contributed by atoms with Gasteiger partial charge in [0, 0.05) is 17.0 Å². The van der Waals surface area contributed by atoms with Crippen molar-refractivity contribution in [2.45, 2.75) is 0 Å². The van der Waals surface area contributed by atoms with Gasteiger partial charge in [-0.2, -0.15) is 0 Å². The number of nitrogens with two attached hydrogens (primary N) is 2. The van der Waals surface area contributed by atoms with Crippen molar-refractivity contribution >= 4 is 28.7 Å². The van der Waals surface area contributed by atoms with Gasteiger partial charge in [0.15, 0.2) is 0 Å². The average molecular weight is 330 g/mol. The van der Waals surface area contributed by atoms with Crippen molar-refractivity contribution in [3.05, 3.63) is 47.8 Å². The van der Waals surface area contributed by atoms with Gasteiger partial charge < -0.3 is 25.7 Å². The van der Waals surface area contributed by atoms with Crippen LogP contribution in [0.4, 0.5) is 14.9 Å². The second kappa shape index (κ2) is 5.58. The highest BCUT2D eigenvalue weighted by atomic mass is 19.1. The van der Waals surface area contributed by atoms with Crippen molar-refractivity contribution in [2.75, 3.05) is 5.73 Å². The molecule has 0 aliphatic rings. The Bertz CT molecular complexity index is 963. The van der Waals surface area contributed by atoms with Gasteiger partial charge in [0.1, 0.15) is 28.5 Å². The number of amides is 1. The Morgan fingerprint density at radius 1 is 1.17 bits per heavy atom. The summed E-state index contributed by atoms with van der Waals surface area (Å²) in [7, 11) is 0. The lowest BCUT2D eigenvalue weighted by molar-refractivity contribution is 0.0640. The minimum absolute atomic E-state index is 0.0289. The summed E-state index contributed by atoms with van der Waals surface area (Å²) in [5.41, 5.74) is 10.9. The van der Waals surface area contributed by atoms with Gasteiger partial charge >= 0.3 is 12.1 Å². The van der Waals surface area contributed by atoms with Crippen LogP contribution in [0.3, 0.4) is 0 Å². The molecule has 1 aromatic heterocycles. The molecule has 8 heteroatoms. The normalized spacial score (nSPS) is 10.7. The first-order valence-electron chi connectivity index (χ1n) is 6.69. The number of benzene rings is 2. The fourth-order valence-corrected chi connectivity index (χ4v) is 2.30. The lowest BCUT2D eigenvalue weighted by atomic mass is 10.0. The van der Waals surface area contributed by atoms with E-state index in [-0.39, 0.29) is 33.7 Å². The Morgan fingerprint density at radius 3 is 2.46 bits per heavy atom. The predicted octanol–water partition coefficient (Wildman–Crippen LogP) is 2.76. The molecule has 2 aromatic carbocycles. The van der Waals surface area contributed by atoms with Crippen molar-refractivity contribution in [1.29, 1.82) is 0 Å². The Morgan fingerprint density at radius 2 is 1.83 bits per heavy atom. The van der Waals surface area contributed by atoms with Crippen LogP contribution in [0.5, 0.6) is 5.75 Å². The number of carbonyl (C=O) groups is 2. The summed E-state index contributed by atoms with van der Waals surface area (Å²) in [6.45, 7) is 0. The van der Waals surface area contributed by atoms with Crippen molar-refractivity contribution in [2.24, 2.45) is 5.73 Å². The number of ether oxygens (including phenoxy) is 1. The van der Waals surface area contributed by atoms with Crippen molar-refractivity contribution in [3.63, 3.8) is 0 Å². The molecule has 1 amide bonds. The molecule has 0 bridgehead atoms. The topological polar surface area (TPSA) is 129 Å². The Hall–Kier alpha value is -3.55. The number of hydrogen-bond acceptors (Lipinski definition) is 6. The van der Waals surface area contributed by atoms with Crippen LogP contribution in [0.25, 0.3) is 22.3 Å². The van der Waals surface area contributed by atoms with Gasteiger partial charge in [0.05, 0.1) is 5.69 Å². The van der Waals surface area contributed by atoms with Gasteiger partial charge in [-0.1, -0.05) is 0 Å². The molecule has 1 heterocycles. The SMILES string of the molecule is NC(=O)OC(=O)c1c(-c2ccc(F)cc2)oc2cc(N)c(O)cc12. The maximum absolute atomic E-state index is 13.1. The maximum Gasteiger partial charge on any atom is 0.412 e. The zero-order valence-corrected chi connectivity index (χ0v) is 12.1. The Balaban J connectivity index is 2.28. The zero-order chi connectivity index (χ0) is 17.4. The van der Waals surface area contributed by atoms with Crippen LogP contribution in [-0.4, -0.2) is 17.2 Å². The largest absolute Gasteiger partial charge is 0.506 e. The molecule has 0 saturated heterocycles. The molecule has 5 N–H and O–H groups in total. The van der Waals surface area contributed by atoms with E-state index in [1.54, 1.807) is 0 Å². The Labute approximate surface area is 134 Å². The molecule has 0 aliphatic carbocycles. The lowest BCUT2D eigenvalue weighted by Crippen LogP contribution is -2.18. The summed E-state index contributed by atoms with van der Waals surface area (Å²) >= 11 is 0. The summed E-state index contributed by atoms with van der Waals surface area (Å²) in [5.74, 6) is -1.79. The summed E-state index contributed by atoms with van der Waals surface area (Å²) in [6, 6.07) is 7.65. The molecular weight excluding hydrogens is 319 g/mol. The number of rotatable bonds is 2. The van der Waals surface area contributed by atoms with Gasteiger partial charge in [0.25, 0.3) is 0 Å². The first kappa shape index (κ1) is 15.3. The third-order valence-corrected chi connectivity index (χ3v) is 3.34. The van der Waals surface area contributed by atoms with Crippen LogP contribution in [0.15, 0.2) is 40.8 Å². The second-order valence-electron chi connectivity index (χ2n) is 4.93. The molecule has 122 valence electrons. The smallest absolute Gasteiger partial charge is 0.412 e. The predicted molar refractivity (Wildman–Crippen MR) is 82.7 cm³/mol. The van der Waals surface area contributed by atoms with E-state index < -0.39 is 17.9 Å². The molecule has 0 saturated carbocycles. The number of furan rings is 1. The van der Waals surface area contributed by atoms with E-state index in [0.29, 0.717) is 5.56 Å². The summed E-state index contributed by atoms with van der Waals surface area (Å²) in [4.78, 5) is 23.1. The molecule has 3 rings (SSSR count). The van der Waals surface area contributed by atoms with Gasteiger partial charge in [-0.15, -0.1) is 0 Å². The van der Waals surface area contributed by atoms with E-state index in [1.807, 2.05) is 0 Å². The first-order chi connectivity index (χ1) is 11.4. The fourth-order valence-electron chi connectivity index (χ4n) is 2.30. The molecule has 0 fully saturated rings. The molecule has 0 unspecified atom stereocenters. The third-order valence-electron chi connectivity index (χ3n) is 3.34. The van der Waals surface area contributed by atoms with Crippen LogP contribution in [-0.2, 0) is 4.74 Å². The number of esters is 1. The number of fused-ring (bicyclic) bond motifs is 1. The number of aromatic hydroxyl groups is 1. The van der Waals surface area contributed by atoms with E-state index >= 15 is 0 Å². The highest BCUT2D eigenvalue weighted by molar-refractivity contribution is 6.11. The number of phenols is 1. The van der Waals surface area contributed by atoms with E-state index in [0.717, 1.165) is 0 Å². The van der Waals surface area contributed by atoms with Gasteiger partial charge in [-0.05, 0) is 30.3 Å². The molecule has 24 heavy (non-hydrogen) atoms. The average Bonchev–Trinajstić information content (AvgIpc) is 2.86. The third kappa shape index (κ3) is 2.60. The van der Waals surface area contributed by atoms with E-state index in [1.165, 1.54) is 36.4 Å². The molecule has 7 nitrogen and oxygen atoms in total. The minimum atomic E-state index is -1.29. The zero-order valence-electron chi connectivity index (χ0n) is 12.1. The second-order valence-corrected chi connectivity index (χ2v) is 4.93. The van der Waals surface area contributed by atoms with E-state index in [4.69, 9.17) is 15.9 Å². The van der Waals surface area contributed by atoms with Crippen LogP contribution in [0.2, 0.25) is 0 Å². The molecule has 0 spiro atoms. The fraction of sp³-hybridized carbons (Fsp3) is 0. The molecule has 3 aromatic rings. The number of phenolic OH excluding ortho intramolecular Hbond substituents is 1. The van der Waals surface area contributed by atoms with Crippen LogP contribution >= 0.6 is 0 Å². The van der Waals surface area contributed by atoms with E-state index in [2.05, 4.69) is 4.74 Å². The van der Waals surface area contributed by atoms with Crippen molar-refractivity contribution in [3.8, 4) is 17.1 Å². The monoisotopic (exact) mass is 330 g/mol. The standard InChI is InChI=1S/C16H11FN2O5/c17-8-3-1-7(2-4-8)14-13(15(21)24-16(19)22)9-5-11(20)10(18)6-12(9)23-14/h1-6,20H,18H2,(H2,19,22). The minimum Gasteiger partial charge on any atom is -0.506 e. The number of halogens is 1. The van der Waals surface area contributed by atoms with Gasteiger partial charge in [-0.3, -0.25) is 0 Å². The van der Waals surface area contributed by atoms with Crippen LogP contribution in [0, 0.1) is 5.82 Å². The number of hydrogen-bond donors (Lipinski definition) is 3. The van der Waals surface area contributed by atoms with Crippen molar-refractivity contribution < 1.29 is 28.2 Å². The number of carbonyl (C=O) groups excluding carboxylic acids is 2. The van der Waals surface area contributed by atoms with Gasteiger partial charge in [-0.25, -0.2) is 14.0 Å². The summed E-state index contributed by atoms with van der Waals surface area (Å²) in [5, 5.41) is 9.94. The van der Waals surface area contributed by atoms with Crippen LogP contribution in [0.1, 0.15) is 10.4 Å². The number of primary amides is 1. The Kier molecular flexibility index (Phi) is 3.57.